The topological polar surface area (TPSA) is 72.9 Å². The Morgan fingerprint density at radius 2 is 1.50 bits per heavy atom. The van der Waals surface area contributed by atoms with Crippen molar-refractivity contribution in [2.75, 3.05) is 17.5 Å². The first-order valence-corrected chi connectivity index (χ1v) is 11.9. The van der Waals surface area contributed by atoms with E-state index >= 15 is 0 Å². The van der Waals surface area contributed by atoms with E-state index in [1.54, 1.807) is 18.2 Å². The van der Waals surface area contributed by atoms with Gasteiger partial charge in [-0.05, 0) is 73.7 Å². The molecule has 1 amide bonds. The van der Waals surface area contributed by atoms with Crippen LogP contribution in [0.15, 0.2) is 71.6 Å². The molecule has 0 aliphatic heterocycles. The third-order valence-corrected chi connectivity index (χ3v) is 6.75. The van der Waals surface area contributed by atoms with E-state index in [0.29, 0.717) is 26.7 Å². The summed E-state index contributed by atoms with van der Waals surface area (Å²) >= 11 is 17.8. The van der Waals surface area contributed by atoms with Crippen molar-refractivity contribution in [1.29, 1.82) is 0 Å². The van der Waals surface area contributed by atoms with Crippen LogP contribution in [0.3, 0.4) is 0 Å². The van der Waals surface area contributed by atoms with Gasteiger partial charge in [0.15, 0.2) is 6.61 Å². The maximum atomic E-state index is 13.4. The van der Waals surface area contributed by atoms with Gasteiger partial charge in [-0.15, -0.1) is 0 Å². The van der Waals surface area contributed by atoms with Gasteiger partial charge in [-0.2, -0.15) is 4.31 Å². The van der Waals surface area contributed by atoms with Crippen molar-refractivity contribution in [2.45, 2.75) is 11.8 Å². The minimum atomic E-state index is -4.27. The van der Waals surface area contributed by atoms with E-state index in [-0.39, 0.29) is 21.4 Å². The van der Waals surface area contributed by atoms with Crippen LogP contribution in [0, 0.1) is 0 Å². The lowest BCUT2D eigenvalue weighted by molar-refractivity contribution is -0.119. The lowest BCUT2D eigenvalue weighted by Crippen LogP contribution is -2.40. The first-order valence-electron chi connectivity index (χ1n) is 9.37. The van der Waals surface area contributed by atoms with Crippen LogP contribution in [0.2, 0.25) is 15.1 Å². The number of hydrogen-bond donors (Lipinski definition) is 0. The number of anilines is 1. The molecule has 0 saturated heterocycles. The van der Waals surface area contributed by atoms with Gasteiger partial charge in [-0.3, -0.25) is 4.79 Å². The van der Waals surface area contributed by atoms with E-state index in [1.165, 1.54) is 48.5 Å². The molecule has 0 unspecified atom stereocenters. The van der Waals surface area contributed by atoms with Crippen LogP contribution in [0.1, 0.15) is 6.92 Å². The molecular formula is C22H18Cl3NO5S. The van der Waals surface area contributed by atoms with Crippen molar-refractivity contribution < 1.29 is 22.7 Å². The molecule has 0 atom stereocenters. The second-order valence-electron chi connectivity index (χ2n) is 6.41. The normalized spacial score (nSPS) is 11.1. The Hall–Kier alpha value is -2.45. The number of nitrogens with zero attached hydrogens (tertiary/aromatic N) is 1. The zero-order chi connectivity index (χ0) is 23.3. The van der Waals surface area contributed by atoms with Gasteiger partial charge in [0, 0.05) is 10.0 Å². The van der Waals surface area contributed by atoms with Crippen molar-refractivity contribution in [3.8, 4) is 11.5 Å². The molecule has 0 heterocycles. The number of amides is 1. The van der Waals surface area contributed by atoms with Crippen molar-refractivity contribution in [3.05, 3.63) is 81.8 Å². The van der Waals surface area contributed by atoms with Crippen molar-refractivity contribution in [1.82, 2.24) is 0 Å². The Bertz CT molecular complexity index is 1200. The zero-order valence-corrected chi connectivity index (χ0v) is 19.9. The smallest absolute Gasteiger partial charge is 0.278 e. The predicted molar refractivity (Wildman–Crippen MR) is 126 cm³/mol. The number of carbonyl (C=O) groups is 1. The molecule has 10 heteroatoms. The Labute approximate surface area is 201 Å². The molecule has 0 saturated carbocycles. The fourth-order valence-corrected chi connectivity index (χ4v) is 4.76. The predicted octanol–water partition coefficient (Wildman–Crippen LogP) is 5.85. The Morgan fingerprint density at radius 3 is 2.09 bits per heavy atom. The molecule has 0 aliphatic carbocycles. The van der Waals surface area contributed by atoms with Crippen LogP contribution in [-0.4, -0.2) is 27.5 Å². The fraction of sp³-hybridized carbons (Fsp3) is 0.136. The highest BCUT2D eigenvalue weighted by molar-refractivity contribution is 7.93. The average Bonchev–Trinajstić information content (AvgIpc) is 2.75. The summed E-state index contributed by atoms with van der Waals surface area (Å²) in [4.78, 5) is 13.0. The maximum Gasteiger partial charge on any atom is 0.278 e. The van der Waals surface area contributed by atoms with Gasteiger partial charge in [0.2, 0.25) is 0 Å². The largest absolute Gasteiger partial charge is 0.494 e. The van der Waals surface area contributed by atoms with E-state index in [1.807, 2.05) is 6.92 Å². The Kier molecular flexibility index (Phi) is 7.90. The number of carbonyl (C=O) groups excluding carboxylic acids is 1. The van der Waals surface area contributed by atoms with Gasteiger partial charge in [-0.1, -0.05) is 34.8 Å². The number of halogens is 3. The average molecular weight is 515 g/mol. The van der Waals surface area contributed by atoms with E-state index in [0.717, 1.165) is 0 Å². The van der Waals surface area contributed by atoms with Gasteiger partial charge >= 0.3 is 0 Å². The standard InChI is InChI=1S/C22H18Cl3NO5S/c1-2-30-18-8-6-17(7-9-18)26(32(28,29)19-10-3-15(23)4-11-19)22(27)14-31-21-12-5-16(24)13-20(21)25/h3-13H,2,14H2,1H3. The van der Waals surface area contributed by atoms with Crippen molar-refractivity contribution in [3.63, 3.8) is 0 Å². The number of ether oxygens (including phenoxy) is 2. The van der Waals surface area contributed by atoms with Gasteiger partial charge in [-0.25, -0.2) is 8.42 Å². The summed E-state index contributed by atoms with van der Waals surface area (Å²) in [5.41, 5.74) is 0.124. The summed E-state index contributed by atoms with van der Waals surface area (Å²) in [5, 5.41) is 0.956. The van der Waals surface area contributed by atoms with Crippen LogP contribution in [0.4, 0.5) is 5.69 Å². The molecular weight excluding hydrogens is 497 g/mol. The van der Waals surface area contributed by atoms with Gasteiger partial charge in [0.05, 0.1) is 22.2 Å². The van der Waals surface area contributed by atoms with Gasteiger partial charge in [0.25, 0.3) is 15.9 Å². The molecule has 3 aromatic carbocycles. The van der Waals surface area contributed by atoms with Gasteiger partial charge in [0.1, 0.15) is 11.5 Å². The Balaban J connectivity index is 1.95. The van der Waals surface area contributed by atoms with E-state index in [9.17, 15) is 13.2 Å². The highest BCUT2D eigenvalue weighted by Gasteiger charge is 2.31. The fourth-order valence-electron chi connectivity index (χ4n) is 2.76. The second-order valence-corrected chi connectivity index (χ2v) is 9.47. The van der Waals surface area contributed by atoms with Crippen LogP contribution in [-0.2, 0) is 14.8 Å². The molecule has 0 radical (unpaired) electrons. The number of benzene rings is 3. The number of rotatable bonds is 8. The molecule has 3 aromatic rings. The molecule has 6 nitrogen and oxygen atoms in total. The van der Waals surface area contributed by atoms with Crippen LogP contribution >= 0.6 is 34.8 Å². The SMILES string of the molecule is CCOc1ccc(N(C(=O)COc2ccc(Cl)cc2Cl)S(=O)(=O)c2ccc(Cl)cc2)cc1. The summed E-state index contributed by atoms with van der Waals surface area (Å²) in [6.45, 7) is 1.69. The van der Waals surface area contributed by atoms with Crippen molar-refractivity contribution in [2.24, 2.45) is 0 Å². The molecule has 0 spiro atoms. The highest BCUT2D eigenvalue weighted by Crippen LogP contribution is 2.29. The monoisotopic (exact) mass is 513 g/mol. The lowest BCUT2D eigenvalue weighted by atomic mass is 10.3. The minimum Gasteiger partial charge on any atom is -0.494 e. The summed E-state index contributed by atoms with van der Waals surface area (Å²) in [5.74, 6) is -0.0909. The van der Waals surface area contributed by atoms with E-state index < -0.39 is 22.5 Å². The lowest BCUT2D eigenvalue weighted by Gasteiger charge is -2.23. The second kappa shape index (κ2) is 10.4. The van der Waals surface area contributed by atoms with Gasteiger partial charge < -0.3 is 9.47 Å². The molecule has 0 N–H and O–H groups in total. The van der Waals surface area contributed by atoms with E-state index in [2.05, 4.69) is 0 Å². The van der Waals surface area contributed by atoms with E-state index in [4.69, 9.17) is 44.3 Å². The quantitative estimate of drug-likeness (QED) is 0.377. The van der Waals surface area contributed by atoms with Crippen molar-refractivity contribution >= 4 is 56.4 Å². The molecule has 0 fully saturated rings. The zero-order valence-electron chi connectivity index (χ0n) is 16.8. The molecule has 168 valence electrons. The first-order chi connectivity index (χ1) is 15.2. The number of sulfonamides is 1. The van der Waals surface area contributed by atoms with Crippen LogP contribution < -0.4 is 13.8 Å². The molecule has 0 aromatic heterocycles. The molecule has 0 aliphatic rings. The third-order valence-electron chi connectivity index (χ3n) is 4.21. The molecule has 3 rings (SSSR count). The Morgan fingerprint density at radius 1 is 0.875 bits per heavy atom. The number of hydrogen-bond acceptors (Lipinski definition) is 5. The molecule has 0 bridgehead atoms. The summed E-state index contributed by atoms with van der Waals surface area (Å²) in [6, 6.07) is 16.1. The molecule has 32 heavy (non-hydrogen) atoms. The summed E-state index contributed by atoms with van der Waals surface area (Å²) < 4.78 is 38.2. The maximum absolute atomic E-state index is 13.4. The van der Waals surface area contributed by atoms with Crippen LogP contribution in [0.25, 0.3) is 0 Å². The minimum absolute atomic E-state index is 0.103. The highest BCUT2D eigenvalue weighted by atomic mass is 35.5. The summed E-state index contributed by atoms with van der Waals surface area (Å²) in [7, 11) is -4.27. The van der Waals surface area contributed by atoms with Crippen LogP contribution in [0.5, 0.6) is 11.5 Å². The summed E-state index contributed by atoms with van der Waals surface area (Å²) in [6.07, 6.45) is 0. The third kappa shape index (κ3) is 5.66. The first kappa shape index (κ1) is 24.2.